The van der Waals surface area contributed by atoms with E-state index in [0.717, 1.165) is 19.3 Å². The lowest BCUT2D eigenvalue weighted by atomic mass is 9.98. The van der Waals surface area contributed by atoms with Gasteiger partial charge in [-0.05, 0) is 28.7 Å². The maximum atomic E-state index is 12.3. The molecule has 0 atom stereocenters. The minimum Gasteiger partial charge on any atom is -0.463 e. The first-order valence-electron chi connectivity index (χ1n) is 20.7. The molecule has 0 spiro atoms. The van der Waals surface area contributed by atoms with Gasteiger partial charge >= 0.3 is 12.1 Å². The molecule has 0 aliphatic heterocycles. The van der Waals surface area contributed by atoms with Gasteiger partial charge in [-0.25, -0.2) is 4.79 Å². The molecule has 15 heteroatoms. The highest BCUT2D eigenvalue weighted by molar-refractivity contribution is 5.79. The maximum absolute atomic E-state index is 12.3. The molecular formula is C43H67NO14. The Morgan fingerprint density at radius 1 is 0.466 bits per heavy atom. The van der Waals surface area contributed by atoms with E-state index in [1.165, 1.54) is 22.3 Å². The Bertz CT molecular complexity index is 1270. The molecule has 2 aromatic rings. The summed E-state index contributed by atoms with van der Waals surface area (Å²) in [5.74, 6) is -0.131. The van der Waals surface area contributed by atoms with Crippen LogP contribution in [0, 0.1) is 0 Å². The average Bonchev–Trinajstić information content (AvgIpc) is 3.56. The molecule has 2 aromatic carbocycles. The number of benzene rings is 2. The molecule has 1 aliphatic rings. The molecule has 0 saturated carbocycles. The summed E-state index contributed by atoms with van der Waals surface area (Å²) in [4.78, 5) is 23.7. The molecule has 0 radical (unpaired) electrons. The van der Waals surface area contributed by atoms with Crippen molar-refractivity contribution in [1.82, 2.24) is 5.32 Å². The van der Waals surface area contributed by atoms with Crippen LogP contribution in [0.5, 0.6) is 0 Å². The molecule has 1 aliphatic carbocycles. The zero-order chi connectivity index (χ0) is 41.0. The van der Waals surface area contributed by atoms with Gasteiger partial charge in [0.2, 0.25) is 0 Å². The zero-order valence-electron chi connectivity index (χ0n) is 34.5. The maximum Gasteiger partial charge on any atom is 0.407 e. The SMILES string of the molecule is CCCCCC(=O)OCCOCCOCCOCCOCCOCCOCCOCCOCCOCCOCCNC(=O)OCC1c2ccccc2-c2ccccc21. The number of esters is 1. The van der Waals surface area contributed by atoms with Gasteiger partial charge in [0.05, 0.1) is 132 Å². The van der Waals surface area contributed by atoms with Crippen molar-refractivity contribution in [2.24, 2.45) is 0 Å². The van der Waals surface area contributed by atoms with Crippen LogP contribution in [0.4, 0.5) is 4.79 Å². The highest BCUT2D eigenvalue weighted by Gasteiger charge is 2.29. The smallest absolute Gasteiger partial charge is 0.407 e. The van der Waals surface area contributed by atoms with Gasteiger partial charge in [-0.1, -0.05) is 68.3 Å². The van der Waals surface area contributed by atoms with E-state index in [4.69, 9.17) is 56.8 Å². The third kappa shape index (κ3) is 23.4. The largest absolute Gasteiger partial charge is 0.463 e. The summed E-state index contributed by atoms with van der Waals surface area (Å²) in [7, 11) is 0. The first-order chi connectivity index (χ1) is 28.7. The Morgan fingerprint density at radius 3 is 1.22 bits per heavy atom. The minimum absolute atomic E-state index is 0.0335. The van der Waals surface area contributed by atoms with Crippen LogP contribution in [-0.2, 0) is 61.6 Å². The van der Waals surface area contributed by atoms with Crippen molar-refractivity contribution >= 4 is 12.1 Å². The monoisotopic (exact) mass is 821 g/mol. The second kappa shape index (κ2) is 34.6. The summed E-state index contributed by atoms with van der Waals surface area (Å²) in [5, 5.41) is 2.74. The number of unbranched alkanes of at least 4 members (excludes halogenated alkanes) is 2. The molecule has 58 heavy (non-hydrogen) atoms. The van der Waals surface area contributed by atoms with Crippen LogP contribution in [0.15, 0.2) is 48.5 Å². The molecule has 0 aromatic heterocycles. The predicted molar refractivity (Wildman–Crippen MR) is 216 cm³/mol. The zero-order valence-corrected chi connectivity index (χ0v) is 34.5. The highest BCUT2D eigenvalue weighted by Crippen LogP contribution is 2.44. The number of carbonyl (C=O) groups excluding carboxylic acids is 2. The number of hydrogen-bond acceptors (Lipinski definition) is 14. The first kappa shape index (κ1) is 49.1. The van der Waals surface area contributed by atoms with Crippen LogP contribution in [0.25, 0.3) is 11.1 Å². The second-order valence-corrected chi connectivity index (χ2v) is 13.1. The van der Waals surface area contributed by atoms with E-state index in [0.29, 0.717) is 145 Å². The van der Waals surface area contributed by atoms with Gasteiger partial charge in [0.25, 0.3) is 0 Å². The van der Waals surface area contributed by atoms with E-state index in [-0.39, 0.29) is 25.1 Å². The second-order valence-electron chi connectivity index (χ2n) is 13.1. The van der Waals surface area contributed by atoms with Gasteiger partial charge in [0.15, 0.2) is 0 Å². The quantitative estimate of drug-likeness (QED) is 0.0724. The molecule has 15 nitrogen and oxygen atoms in total. The third-order valence-electron chi connectivity index (χ3n) is 8.68. The molecule has 3 rings (SSSR count). The van der Waals surface area contributed by atoms with Gasteiger partial charge in [-0.15, -0.1) is 0 Å². The first-order valence-corrected chi connectivity index (χ1v) is 20.7. The summed E-state index contributed by atoms with van der Waals surface area (Å²) < 4.78 is 65.5. The number of fused-ring (bicyclic) bond motifs is 3. The standard InChI is InChI=1S/C43H67NO14/c1-2-3-4-13-42(45)57-35-34-56-33-32-55-31-30-54-29-28-53-27-26-52-25-24-51-23-22-50-21-20-49-19-18-48-17-16-47-15-14-44-43(46)58-36-41-39-11-7-5-9-37(39)38-10-6-8-12-40(38)41/h5-12,41H,2-4,13-36H2,1H3,(H,44,46). The van der Waals surface area contributed by atoms with Crippen molar-refractivity contribution in [3.05, 3.63) is 59.7 Å². The van der Waals surface area contributed by atoms with E-state index in [1.807, 2.05) is 24.3 Å². The van der Waals surface area contributed by atoms with Crippen molar-refractivity contribution in [2.45, 2.75) is 38.5 Å². The molecule has 0 fully saturated rings. The normalized spacial score (nSPS) is 12.1. The van der Waals surface area contributed by atoms with Crippen LogP contribution in [0.3, 0.4) is 0 Å². The number of hydrogen-bond donors (Lipinski definition) is 1. The fourth-order valence-corrected chi connectivity index (χ4v) is 5.76. The summed E-state index contributed by atoms with van der Waals surface area (Å²) >= 11 is 0. The number of nitrogens with one attached hydrogen (secondary N) is 1. The molecule has 1 amide bonds. The fraction of sp³-hybridized carbons (Fsp3) is 0.674. The molecular weight excluding hydrogens is 754 g/mol. The molecule has 0 heterocycles. The average molecular weight is 822 g/mol. The molecule has 0 bridgehead atoms. The van der Waals surface area contributed by atoms with E-state index in [9.17, 15) is 9.59 Å². The van der Waals surface area contributed by atoms with Crippen molar-refractivity contribution in [3.8, 4) is 11.1 Å². The molecule has 1 N–H and O–H groups in total. The lowest BCUT2D eigenvalue weighted by molar-refractivity contribution is -0.145. The van der Waals surface area contributed by atoms with Crippen LogP contribution < -0.4 is 5.32 Å². The van der Waals surface area contributed by atoms with Crippen molar-refractivity contribution in [3.63, 3.8) is 0 Å². The Hall–Kier alpha value is -3.22. The van der Waals surface area contributed by atoms with E-state index in [1.54, 1.807) is 0 Å². The van der Waals surface area contributed by atoms with E-state index >= 15 is 0 Å². The van der Waals surface area contributed by atoms with Crippen LogP contribution >= 0.6 is 0 Å². The Labute approximate surface area is 344 Å². The van der Waals surface area contributed by atoms with E-state index < -0.39 is 6.09 Å². The molecule has 0 unspecified atom stereocenters. The lowest BCUT2D eigenvalue weighted by Crippen LogP contribution is -2.29. The van der Waals surface area contributed by atoms with Crippen LogP contribution in [-0.4, -0.2) is 164 Å². The Morgan fingerprint density at radius 2 is 0.828 bits per heavy atom. The van der Waals surface area contributed by atoms with Crippen molar-refractivity contribution in [2.75, 3.05) is 152 Å². The number of rotatable bonds is 39. The topological polar surface area (TPSA) is 157 Å². The molecule has 328 valence electrons. The minimum atomic E-state index is -0.455. The molecule has 0 saturated heterocycles. The van der Waals surface area contributed by atoms with Gasteiger partial charge < -0.3 is 62.2 Å². The van der Waals surface area contributed by atoms with Gasteiger partial charge in [-0.2, -0.15) is 0 Å². The van der Waals surface area contributed by atoms with Gasteiger partial charge in [0.1, 0.15) is 13.2 Å². The van der Waals surface area contributed by atoms with E-state index in [2.05, 4.69) is 36.5 Å². The highest BCUT2D eigenvalue weighted by atomic mass is 16.6. The summed E-state index contributed by atoms with van der Waals surface area (Å²) in [6, 6.07) is 16.5. The number of amides is 1. The van der Waals surface area contributed by atoms with Gasteiger partial charge in [-0.3, -0.25) is 4.79 Å². The number of alkyl carbamates (subject to hydrolysis) is 1. The summed E-state index contributed by atoms with van der Waals surface area (Å²) in [5.41, 5.74) is 4.76. The predicted octanol–water partition coefficient (Wildman–Crippen LogP) is 4.81. The van der Waals surface area contributed by atoms with Crippen molar-refractivity contribution in [1.29, 1.82) is 0 Å². The number of ether oxygens (including phenoxy) is 12. The lowest BCUT2D eigenvalue weighted by Gasteiger charge is -2.14. The fourth-order valence-electron chi connectivity index (χ4n) is 5.76. The van der Waals surface area contributed by atoms with Crippen LogP contribution in [0.1, 0.15) is 49.7 Å². The Balaban J connectivity index is 0.934. The number of carbonyl (C=O) groups is 2. The van der Waals surface area contributed by atoms with Crippen molar-refractivity contribution < 1.29 is 66.4 Å². The van der Waals surface area contributed by atoms with Gasteiger partial charge in [0, 0.05) is 18.9 Å². The summed E-state index contributed by atoms with van der Waals surface area (Å²) in [6.45, 7) is 12.2. The summed E-state index contributed by atoms with van der Waals surface area (Å²) in [6.07, 6.45) is 3.02. The third-order valence-corrected chi connectivity index (χ3v) is 8.68. The van der Waals surface area contributed by atoms with Crippen LogP contribution in [0.2, 0.25) is 0 Å². The Kier molecular flexibility index (Phi) is 29.3.